The minimum Gasteiger partial charge on any atom is -0.493 e. The fourth-order valence-electron chi connectivity index (χ4n) is 4.53. The topological polar surface area (TPSA) is 77.4 Å². The molecule has 0 amide bonds. The van der Waals surface area contributed by atoms with Crippen molar-refractivity contribution in [2.24, 2.45) is 0 Å². The van der Waals surface area contributed by atoms with Crippen molar-refractivity contribution in [1.82, 2.24) is 0 Å². The molecule has 0 spiro atoms. The second-order valence-corrected chi connectivity index (χ2v) is 10.9. The maximum absolute atomic E-state index is 10.5. The van der Waals surface area contributed by atoms with Crippen LogP contribution >= 0.6 is 0 Å². The van der Waals surface area contributed by atoms with Gasteiger partial charge in [-0.15, -0.1) is 0 Å². The molecule has 0 bridgehead atoms. The molecule has 0 saturated heterocycles. The normalized spacial score (nSPS) is 11.8. The summed E-state index contributed by atoms with van der Waals surface area (Å²) in [5.74, 6) is 2.64. The van der Waals surface area contributed by atoms with Crippen molar-refractivity contribution in [2.75, 3.05) is 28.4 Å². The standard InChI is InChI=1S/C32H42O6/c1-31(2,33)15-13-23-17-26(22-10-12-28(36-6)30(20-22)38-8)24(14-16-32(3,4)34)18-25(23)21-9-11-27(35-5)29(19-21)37-7/h9-12,17-20,33-34H,13-16H2,1-8H3. The quantitative estimate of drug-likeness (QED) is 0.284. The lowest BCUT2D eigenvalue weighted by atomic mass is 9.85. The molecular weight excluding hydrogens is 480 g/mol. The largest absolute Gasteiger partial charge is 0.493 e. The van der Waals surface area contributed by atoms with E-state index in [9.17, 15) is 10.2 Å². The van der Waals surface area contributed by atoms with Gasteiger partial charge in [0.2, 0.25) is 0 Å². The number of hydrogen-bond acceptors (Lipinski definition) is 6. The Balaban J connectivity index is 2.27. The molecule has 0 aliphatic heterocycles. The zero-order valence-corrected chi connectivity index (χ0v) is 24.0. The molecule has 0 aliphatic carbocycles. The Hall–Kier alpha value is -3.22. The molecule has 3 rings (SSSR count). The molecule has 6 nitrogen and oxygen atoms in total. The molecule has 0 heterocycles. The number of aliphatic hydroxyl groups is 2. The second-order valence-electron chi connectivity index (χ2n) is 10.9. The number of methoxy groups -OCH3 is 4. The first-order valence-electron chi connectivity index (χ1n) is 12.9. The van der Waals surface area contributed by atoms with Crippen LogP contribution in [0.3, 0.4) is 0 Å². The van der Waals surface area contributed by atoms with Crippen molar-refractivity contribution in [3.63, 3.8) is 0 Å². The van der Waals surface area contributed by atoms with Crippen LogP contribution in [-0.2, 0) is 12.8 Å². The third-order valence-electron chi connectivity index (χ3n) is 6.73. The minimum atomic E-state index is -0.808. The summed E-state index contributed by atoms with van der Waals surface area (Å²) in [7, 11) is 6.51. The molecule has 6 heteroatoms. The highest BCUT2D eigenvalue weighted by atomic mass is 16.5. The molecule has 0 aromatic heterocycles. The van der Waals surface area contributed by atoms with Gasteiger partial charge in [-0.05, 0) is 111 Å². The number of rotatable bonds is 12. The summed E-state index contributed by atoms with van der Waals surface area (Å²) in [5.41, 5.74) is 4.71. The van der Waals surface area contributed by atoms with Crippen LogP contribution in [0.25, 0.3) is 22.3 Å². The van der Waals surface area contributed by atoms with Crippen LogP contribution in [0, 0.1) is 0 Å². The first-order valence-corrected chi connectivity index (χ1v) is 12.9. The van der Waals surface area contributed by atoms with Crippen molar-refractivity contribution in [1.29, 1.82) is 0 Å². The van der Waals surface area contributed by atoms with E-state index >= 15 is 0 Å². The number of hydrogen-bond donors (Lipinski definition) is 2. The average Bonchev–Trinajstić information content (AvgIpc) is 2.88. The van der Waals surface area contributed by atoms with E-state index in [4.69, 9.17) is 18.9 Å². The number of ether oxygens (including phenoxy) is 4. The van der Waals surface area contributed by atoms with Crippen molar-refractivity contribution < 1.29 is 29.2 Å². The lowest BCUT2D eigenvalue weighted by Crippen LogP contribution is -2.20. The maximum Gasteiger partial charge on any atom is 0.161 e. The zero-order chi connectivity index (χ0) is 28.1. The van der Waals surface area contributed by atoms with E-state index in [2.05, 4.69) is 12.1 Å². The van der Waals surface area contributed by atoms with E-state index in [1.165, 1.54) is 0 Å². The highest BCUT2D eigenvalue weighted by molar-refractivity contribution is 5.79. The molecule has 0 unspecified atom stereocenters. The van der Waals surface area contributed by atoms with E-state index in [0.717, 1.165) is 33.4 Å². The fourth-order valence-corrected chi connectivity index (χ4v) is 4.53. The van der Waals surface area contributed by atoms with Gasteiger partial charge in [0, 0.05) is 0 Å². The van der Waals surface area contributed by atoms with Gasteiger partial charge in [0.25, 0.3) is 0 Å². The Bertz CT molecular complexity index is 1140. The first kappa shape index (κ1) is 29.3. The predicted octanol–water partition coefficient (Wildman–Crippen LogP) is 6.46. The molecule has 2 N–H and O–H groups in total. The van der Waals surface area contributed by atoms with Crippen LogP contribution in [0.4, 0.5) is 0 Å². The third-order valence-corrected chi connectivity index (χ3v) is 6.73. The van der Waals surface area contributed by atoms with E-state index in [1.54, 1.807) is 28.4 Å². The highest BCUT2D eigenvalue weighted by Gasteiger charge is 2.21. The number of aryl methyl sites for hydroxylation is 2. The van der Waals surface area contributed by atoms with E-state index in [-0.39, 0.29) is 0 Å². The lowest BCUT2D eigenvalue weighted by Gasteiger charge is -2.23. The average molecular weight is 523 g/mol. The van der Waals surface area contributed by atoms with Gasteiger partial charge in [-0.2, -0.15) is 0 Å². The van der Waals surface area contributed by atoms with Gasteiger partial charge in [0.1, 0.15) is 0 Å². The van der Waals surface area contributed by atoms with Crippen LogP contribution in [0.15, 0.2) is 48.5 Å². The SMILES string of the molecule is COc1ccc(-c2cc(CCC(C)(C)O)c(-c3ccc(OC)c(OC)c3)cc2CCC(C)(C)O)cc1OC. The first-order chi connectivity index (χ1) is 17.9. The van der Waals surface area contributed by atoms with E-state index in [0.29, 0.717) is 48.7 Å². The van der Waals surface area contributed by atoms with Crippen molar-refractivity contribution in [2.45, 2.75) is 64.6 Å². The van der Waals surface area contributed by atoms with Gasteiger partial charge in [0.05, 0.1) is 39.6 Å². The molecule has 0 atom stereocenters. The molecule has 0 fully saturated rings. The van der Waals surface area contributed by atoms with Gasteiger partial charge in [0.15, 0.2) is 23.0 Å². The molecule has 38 heavy (non-hydrogen) atoms. The Kier molecular flexibility index (Phi) is 9.34. The van der Waals surface area contributed by atoms with Crippen molar-refractivity contribution in [3.05, 3.63) is 59.7 Å². The summed E-state index contributed by atoms with van der Waals surface area (Å²) in [6.45, 7) is 7.32. The highest BCUT2D eigenvalue weighted by Crippen LogP contribution is 2.40. The smallest absolute Gasteiger partial charge is 0.161 e. The van der Waals surface area contributed by atoms with Gasteiger partial charge in [-0.1, -0.05) is 24.3 Å². The van der Waals surface area contributed by atoms with E-state index in [1.807, 2.05) is 64.1 Å². The summed E-state index contributed by atoms with van der Waals surface area (Å²) < 4.78 is 22.1. The summed E-state index contributed by atoms with van der Waals surface area (Å²) in [4.78, 5) is 0. The Morgan fingerprint density at radius 2 is 0.868 bits per heavy atom. The molecule has 0 aliphatic rings. The summed E-state index contributed by atoms with van der Waals surface area (Å²) in [6.07, 6.45) is 2.56. The van der Waals surface area contributed by atoms with Crippen LogP contribution in [0.2, 0.25) is 0 Å². The monoisotopic (exact) mass is 522 g/mol. The summed E-state index contributed by atoms with van der Waals surface area (Å²) in [6, 6.07) is 16.3. The van der Waals surface area contributed by atoms with Gasteiger partial charge >= 0.3 is 0 Å². The Morgan fingerprint density at radius 3 is 1.16 bits per heavy atom. The van der Waals surface area contributed by atoms with Crippen molar-refractivity contribution >= 4 is 0 Å². The third kappa shape index (κ3) is 7.42. The molecule has 0 radical (unpaired) electrons. The van der Waals surface area contributed by atoms with Crippen LogP contribution < -0.4 is 18.9 Å². The van der Waals surface area contributed by atoms with Crippen LogP contribution in [0.5, 0.6) is 23.0 Å². The fraction of sp³-hybridized carbons (Fsp3) is 0.438. The number of benzene rings is 3. The summed E-state index contributed by atoms with van der Waals surface area (Å²) in [5, 5.41) is 21.1. The molecule has 0 saturated carbocycles. The zero-order valence-electron chi connectivity index (χ0n) is 24.0. The van der Waals surface area contributed by atoms with Crippen LogP contribution in [0.1, 0.15) is 51.7 Å². The molecular formula is C32H42O6. The van der Waals surface area contributed by atoms with Gasteiger partial charge < -0.3 is 29.2 Å². The van der Waals surface area contributed by atoms with Crippen molar-refractivity contribution in [3.8, 4) is 45.3 Å². The second kappa shape index (κ2) is 12.1. The molecule has 3 aromatic carbocycles. The van der Waals surface area contributed by atoms with Crippen LogP contribution in [-0.4, -0.2) is 49.9 Å². The Labute approximate surface area is 227 Å². The lowest BCUT2D eigenvalue weighted by molar-refractivity contribution is 0.0706. The van der Waals surface area contributed by atoms with Gasteiger partial charge in [-0.25, -0.2) is 0 Å². The van der Waals surface area contributed by atoms with E-state index < -0.39 is 11.2 Å². The molecule has 3 aromatic rings. The molecule has 206 valence electrons. The predicted molar refractivity (Wildman–Crippen MR) is 153 cm³/mol. The van der Waals surface area contributed by atoms with Gasteiger partial charge in [-0.3, -0.25) is 0 Å². The summed E-state index contributed by atoms with van der Waals surface area (Å²) >= 11 is 0. The Morgan fingerprint density at radius 1 is 0.526 bits per heavy atom. The minimum absolute atomic E-state index is 0.599. The maximum atomic E-state index is 10.5.